The number of nitrogens with two attached hydrogens (primary N) is 1. The van der Waals surface area contributed by atoms with Crippen molar-refractivity contribution in [2.45, 2.75) is 57.9 Å². The molecule has 0 heterocycles. The Morgan fingerprint density at radius 1 is 1.28 bits per heavy atom. The number of rotatable bonds is 7. The van der Waals surface area contributed by atoms with Crippen LogP contribution in [0.15, 0.2) is 4.99 Å². The molecule has 0 atom stereocenters. The maximum Gasteiger partial charge on any atom is 0.206 e. The minimum Gasteiger partial charge on any atom is -0.380 e. The van der Waals surface area contributed by atoms with Crippen LogP contribution in [0.1, 0.15) is 51.9 Å². The van der Waals surface area contributed by atoms with Gasteiger partial charge in [-0.3, -0.25) is 5.43 Å². The summed E-state index contributed by atoms with van der Waals surface area (Å²) in [6, 6.07) is 0.523. The second-order valence-electron chi connectivity index (χ2n) is 4.82. The Bertz CT molecular complexity index is 227. The SMILES string of the molecule is CCCCOCCN=C(NN)NC1CCCCC1. The van der Waals surface area contributed by atoms with Crippen LogP contribution in [0.4, 0.5) is 0 Å². The average Bonchev–Trinajstić information content (AvgIpc) is 2.42. The second kappa shape index (κ2) is 10.1. The number of unbranched alkanes of at least 4 members (excludes halogenated alkanes) is 1. The quantitative estimate of drug-likeness (QED) is 0.212. The van der Waals surface area contributed by atoms with E-state index in [9.17, 15) is 0 Å². The molecule has 0 aromatic heterocycles. The predicted octanol–water partition coefficient (Wildman–Crippen LogP) is 1.54. The van der Waals surface area contributed by atoms with Crippen molar-refractivity contribution in [3.8, 4) is 0 Å². The predicted molar refractivity (Wildman–Crippen MR) is 75.4 cm³/mol. The fourth-order valence-corrected chi connectivity index (χ4v) is 2.14. The molecule has 0 aliphatic heterocycles. The van der Waals surface area contributed by atoms with Crippen molar-refractivity contribution in [1.29, 1.82) is 0 Å². The largest absolute Gasteiger partial charge is 0.380 e. The van der Waals surface area contributed by atoms with Gasteiger partial charge >= 0.3 is 0 Å². The van der Waals surface area contributed by atoms with Gasteiger partial charge < -0.3 is 10.1 Å². The lowest BCUT2D eigenvalue weighted by molar-refractivity contribution is 0.138. The normalized spacial score (nSPS) is 17.8. The van der Waals surface area contributed by atoms with E-state index in [-0.39, 0.29) is 0 Å². The van der Waals surface area contributed by atoms with E-state index in [1.54, 1.807) is 0 Å². The molecule has 1 rings (SSSR count). The Labute approximate surface area is 111 Å². The molecule has 0 saturated heterocycles. The summed E-state index contributed by atoms with van der Waals surface area (Å²) in [6.45, 7) is 4.31. The maximum absolute atomic E-state index is 5.47. The third-order valence-electron chi connectivity index (χ3n) is 3.23. The molecule has 1 aliphatic rings. The molecule has 4 N–H and O–H groups in total. The Morgan fingerprint density at radius 3 is 2.72 bits per heavy atom. The minimum atomic E-state index is 0.523. The van der Waals surface area contributed by atoms with Gasteiger partial charge in [-0.05, 0) is 19.3 Å². The van der Waals surface area contributed by atoms with E-state index in [0.29, 0.717) is 25.2 Å². The van der Waals surface area contributed by atoms with Crippen molar-refractivity contribution in [3.05, 3.63) is 0 Å². The van der Waals surface area contributed by atoms with Crippen LogP contribution in [0.5, 0.6) is 0 Å². The zero-order valence-electron chi connectivity index (χ0n) is 11.6. The summed E-state index contributed by atoms with van der Waals surface area (Å²) >= 11 is 0. The lowest BCUT2D eigenvalue weighted by Gasteiger charge is -2.24. The number of guanidine groups is 1. The van der Waals surface area contributed by atoms with Gasteiger partial charge in [-0.15, -0.1) is 0 Å². The molecule has 1 fully saturated rings. The molecule has 5 nitrogen and oxygen atoms in total. The summed E-state index contributed by atoms with van der Waals surface area (Å²) in [4.78, 5) is 4.38. The van der Waals surface area contributed by atoms with Crippen molar-refractivity contribution < 1.29 is 4.74 Å². The first-order chi connectivity index (χ1) is 8.86. The molecule has 0 aromatic carbocycles. The van der Waals surface area contributed by atoms with Crippen molar-refractivity contribution in [2.24, 2.45) is 10.8 Å². The monoisotopic (exact) mass is 256 g/mol. The molecule has 0 unspecified atom stereocenters. The van der Waals surface area contributed by atoms with Crippen molar-refractivity contribution in [3.63, 3.8) is 0 Å². The molecule has 1 saturated carbocycles. The molecule has 1 aliphatic carbocycles. The molecule has 0 bridgehead atoms. The zero-order valence-corrected chi connectivity index (χ0v) is 11.6. The molecule has 0 spiro atoms. The number of nitrogens with one attached hydrogen (secondary N) is 2. The number of hydrogen-bond acceptors (Lipinski definition) is 3. The Balaban J connectivity index is 2.14. The number of ether oxygens (including phenoxy) is 1. The molecular formula is C13H28N4O. The fraction of sp³-hybridized carbons (Fsp3) is 0.923. The summed E-state index contributed by atoms with van der Waals surface area (Å²) in [5.41, 5.74) is 2.63. The summed E-state index contributed by atoms with van der Waals surface area (Å²) in [5, 5.41) is 3.37. The third kappa shape index (κ3) is 6.81. The van der Waals surface area contributed by atoms with Crippen LogP contribution >= 0.6 is 0 Å². The Kier molecular flexibility index (Phi) is 8.59. The van der Waals surface area contributed by atoms with E-state index in [1.165, 1.54) is 38.5 Å². The van der Waals surface area contributed by atoms with E-state index in [4.69, 9.17) is 10.6 Å². The van der Waals surface area contributed by atoms with E-state index in [2.05, 4.69) is 22.7 Å². The summed E-state index contributed by atoms with van der Waals surface area (Å²) in [5.74, 6) is 6.16. The summed E-state index contributed by atoms with van der Waals surface area (Å²) in [6.07, 6.45) is 8.67. The highest BCUT2D eigenvalue weighted by Crippen LogP contribution is 2.16. The van der Waals surface area contributed by atoms with Gasteiger partial charge in [0.2, 0.25) is 5.96 Å². The van der Waals surface area contributed by atoms with Crippen LogP contribution in [0, 0.1) is 0 Å². The first kappa shape index (κ1) is 15.2. The van der Waals surface area contributed by atoms with Gasteiger partial charge in [0.15, 0.2) is 0 Å². The molecule has 0 radical (unpaired) electrons. The lowest BCUT2D eigenvalue weighted by Crippen LogP contribution is -2.47. The number of hydrazine groups is 1. The highest BCUT2D eigenvalue weighted by molar-refractivity contribution is 5.79. The van der Waals surface area contributed by atoms with E-state index in [0.717, 1.165) is 13.0 Å². The number of nitrogens with zero attached hydrogens (tertiary/aromatic N) is 1. The minimum absolute atomic E-state index is 0.523. The fourth-order valence-electron chi connectivity index (χ4n) is 2.14. The van der Waals surface area contributed by atoms with Crippen LogP contribution in [0.3, 0.4) is 0 Å². The van der Waals surface area contributed by atoms with Gasteiger partial charge in [-0.1, -0.05) is 32.6 Å². The summed E-state index contributed by atoms with van der Waals surface area (Å²) < 4.78 is 5.46. The van der Waals surface area contributed by atoms with Crippen LogP contribution < -0.4 is 16.6 Å². The lowest BCUT2D eigenvalue weighted by atomic mass is 9.96. The Hall–Kier alpha value is -0.810. The van der Waals surface area contributed by atoms with Crippen LogP contribution in [-0.4, -0.2) is 31.8 Å². The molecule has 5 heteroatoms. The van der Waals surface area contributed by atoms with Crippen molar-refractivity contribution in [1.82, 2.24) is 10.7 Å². The molecule has 0 aromatic rings. The van der Waals surface area contributed by atoms with Gasteiger partial charge in [-0.25, -0.2) is 10.8 Å². The summed E-state index contributed by atoms with van der Waals surface area (Å²) in [7, 11) is 0. The van der Waals surface area contributed by atoms with Gasteiger partial charge in [0, 0.05) is 12.6 Å². The first-order valence-corrected chi connectivity index (χ1v) is 7.22. The third-order valence-corrected chi connectivity index (χ3v) is 3.23. The smallest absolute Gasteiger partial charge is 0.206 e. The van der Waals surface area contributed by atoms with E-state index >= 15 is 0 Å². The van der Waals surface area contributed by atoms with Crippen LogP contribution in [0.2, 0.25) is 0 Å². The molecule has 18 heavy (non-hydrogen) atoms. The van der Waals surface area contributed by atoms with Crippen LogP contribution in [0.25, 0.3) is 0 Å². The number of aliphatic imine (C=N–C) groups is 1. The molecular weight excluding hydrogens is 228 g/mol. The van der Waals surface area contributed by atoms with Gasteiger partial charge in [0.1, 0.15) is 0 Å². The highest BCUT2D eigenvalue weighted by Gasteiger charge is 2.13. The first-order valence-electron chi connectivity index (χ1n) is 7.22. The second-order valence-corrected chi connectivity index (χ2v) is 4.82. The van der Waals surface area contributed by atoms with Gasteiger partial charge in [-0.2, -0.15) is 0 Å². The van der Waals surface area contributed by atoms with E-state index in [1.807, 2.05) is 0 Å². The van der Waals surface area contributed by atoms with Gasteiger partial charge in [0.05, 0.1) is 13.2 Å². The highest BCUT2D eigenvalue weighted by atomic mass is 16.5. The molecule has 106 valence electrons. The van der Waals surface area contributed by atoms with Crippen molar-refractivity contribution >= 4 is 5.96 Å². The number of hydrogen-bond donors (Lipinski definition) is 3. The molecule has 0 amide bonds. The van der Waals surface area contributed by atoms with Crippen molar-refractivity contribution in [2.75, 3.05) is 19.8 Å². The van der Waals surface area contributed by atoms with Gasteiger partial charge in [0.25, 0.3) is 0 Å². The topological polar surface area (TPSA) is 71.7 Å². The van der Waals surface area contributed by atoms with Crippen LogP contribution in [-0.2, 0) is 4.74 Å². The van der Waals surface area contributed by atoms with E-state index < -0.39 is 0 Å². The average molecular weight is 256 g/mol. The zero-order chi connectivity index (χ0) is 13.1. The maximum atomic E-state index is 5.47. The standard InChI is InChI=1S/C13H28N4O/c1-2-3-10-18-11-9-15-13(17-14)16-12-7-5-4-6-8-12/h12H,2-11,14H2,1H3,(H2,15,16,17). The Morgan fingerprint density at radius 2 is 2.06 bits per heavy atom.